The van der Waals surface area contributed by atoms with Crippen LogP contribution in [0.3, 0.4) is 0 Å². The second kappa shape index (κ2) is 3.27. The number of benzene rings is 1. The third kappa shape index (κ3) is 1.25. The van der Waals surface area contributed by atoms with Crippen LogP contribution in [0, 0.1) is 0 Å². The first kappa shape index (κ1) is 7.80. The van der Waals surface area contributed by atoms with Crippen molar-refractivity contribution in [2.75, 3.05) is 13.2 Å². The number of rotatable bonds is 1. The van der Waals surface area contributed by atoms with E-state index in [4.69, 9.17) is 9.47 Å². The van der Waals surface area contributed by atoms with Crippen molar-refractivity contribution in [1.82, 2.24) is 0 Å². The Bertz CT molecular complexity index is 272. The van der Waals surface area contributed by atoms with Crippen LogP contribution in [0.25, 0.3) is 0 Å². The maximum absolute atomic E-state index is 5.47. The van der Waals surface area contributed by atoms with Gasteiger partial charge in [0.05, 0.1) is 0 Å². The van der Waals surface area contributed by atoms with E-state index in [1.807, 2.05) is 18.2 Å². The number of fused-ring (bicyclic) bond motifs is 1. The highest BCUT2D eigenvalue weighted by Gasteiger charge is 2.13. The Morgan fingerprint density at radius 1 is 1.25 bits per heavy atom. The van der Waals surface area contributed by atoms with Gasteiger partial charge in [-0.15, -0.1) is 0 Å². The van der Waals surface area contributed by atoms with Crippen molar-refractivity contribution < 1.29 is 9.47 Å². The van der Waals surface area contributed by atoms with Gasteiger partial charge >= 0.3 is 0 Å². The predicted molar refractivity (Wildman–Crippen MR) is 50.1 cm³/mol. The van der Waals surface area contributed by atoms with Crippen molar-refractivity contribution in [2.45, 2.75) is 5.75 Å². The molecule has 64 valence electrons. The van der Waals surface area contributed by atoms with Crippen LogP contribution in [0.15, 0.2) is 18.2 Å². The van der Waals surface area contributed by atoms with Gasteiger partial charge in [0, 0.05) is 11.3 Å². The summed E-state index contributed by atoms with van der Waals surface area (Å²) in [6.45, 7) is 1.28. The zero-order valence-electron chi connectivity index (χ0n) is 6.62. The van der Waals surface area contributed by atoms with E-state index in [-0.39, 0.29) is 0 Å². The molecule has 2 rings (SSSR count). The molecule has 0 spiro atoms. The molecule has 0 atom stereocenters. The van der Waals surface area contributed by atoms with E-state index < -0.39 is 0 Å². The van der Waals surface area contributed by atoms with Gasteiger partial charge in [0.2, 0.25) is 0 Å². The van der Waals surface area contributed by atoms with E-state index in [0.717, 1.165) is 17.1 Å². The molecule has 0 amide bonds. The second-order valence-electron chi connectivity index (χ2n) is 2.60. The minimum absolute atomic E-state index is 0.637. The molecule has 0 N–H and O–H groups in total. The Labute approximate surface area is 76.9 Å². The molecule has 0 aliphatic carbocycles. The van der Waals surface area contributed by atoms with Crippen LogP contribution in [-0.4, -0.2) is 13.2 Å². The van der Waals surface area contributed by atoms with Gasteiger partial charge in [0.25, 0.3) is 0 Å². The molecule has 0 saturated carbocycles. The normalized spacial score (nSPS) is 14.4. The lowest BCUT2D eigenvalue weighted by Crippen LogP contribution is -2.16. The lowest BCUT2D eigenvalue weighted by atomic mass is 10.2. The van der Waals surface area contributed by atoms with E-state index in [1.54, 1.807) is 0 Å². The van der Waals surface area contributed by atoms with Crippen molar-refractivity contribution in [3.05, 3.63) is 23.8 Å². The topological polar surface area (TPSA) is 18.5 Å². The van der Waals surface area contributed by atoms with Crippen LogP contribution in [0.1, 0.15) is 5.56 Å². The van der Waals surface area contributed by atoms with Gasteiger partial charge in [-0.2, -0.15) is 12.6 Å². The average molecular weight is 182 g/mol. The molecular weight excluding hydrogens is 172 g/mol. The minimum atomic E-state index is 0.637. The maximum atomic E-state index is 5.47. The van der Waals surface area contributed by atoms with Gasteiger partial charge in [0.1, 0.15) is 13.2 Å². The van der Waals surface area contributed by atoms with Crippen LogP contribution in [-0.2, 0) is 5.75 Å². The van der Waals surface area contributed by atoms with Crippen molar-refractivity contribution in [2.24, 2.45) is 0 Å². The van der Waals surface area contributed by atoms with Gasteiger partial charge in [-0.1, -0.05) is 12.1 Å². The molecule has 3 heteroatoms. The first-order chi connectivity index (χ1) is 5.92. The first-order valence-corrected chi connectivity index (χ1v) is 4.53. The van der Waals surface area contributed by atoms with Crippen molar-refractivity contribution in [3.63, 3.8) is 0 Å². The van der Waals surface area contributed by atoms with Crippen molar-refractivity contribution in [1.29, 1.82) is 0 Å². The summed E-state index contributed by atoms with van der Waals surface area (Å²) in [6, 6.07) is 5.88. The summed E-state index contributed by atoms with van der Waals surface area (Å²) in [5, 5.41) is 0. The summed E-state index contributed by atoms with van der Waals surface area (Å²) in [5.74, 6) is 2.39. The number of thiol groups is 1. The maximum Gasteiger partial charge on any atom is 0.165 e. The number of hydrogen-bond donors (Lipinski definition) is 1. The van der Waals surface area contributed by atoms with E-state index in [9.17, 15) is 0 Å². The SMILES string of the molecule is SCc1cccc2c1OCCO2. The fourth-order valence-corrected chi connectivity index (χ4v) is 1.51. The molecule has 1 aromatic carbocycles. The highest BCUT2D eigenvalue weighted by Crippen LogP contribution is 2.34. The lowest BCUT2D eigenvalue weighted by molar-refractivity contribution is 0.170. The molecule has 0 aromatic heterocycles. The third-order valence-corrected chi connectivity index (χ3v) is 2.16. The van der Waals surface area contributed by atoms with E-state index >= 15 is 0 Å². The van der Waals surface area contributed by atoms with Gasteiger partial charge in [0.15, 0.2) is 11.5 Å². The molecular formula is C9H10O2S. The summed E-state index contributed by atoms with van der Waals surface area (Å²) in [7, 11) is 0. The molecule has 0 saturated heterocycles. The monoisotopic (exact) mass is 182 g/mol. The van der Waals surface area contributed by atoms with E-state index in [2.05, 4.69) is 12.6 Å². The second-order valence-corrected chi connectivity index (χ2v) is 2.92. The smallest absolute Gasteiger partial charge is 0.165 e. The lowest BCUT2D eigenvalue weighted by Gasteiger charge is -2.20. The summed E-state index contributed by atoms with van der Waals surface area (Å²) in [6.07, 6.45) is 0. The fraction of sp³-hybridized carbons (Fsp3) is 0.333. The quantitative estimate of drug-likeness (QED) is 0.668. The Morgan fingerprint density at radius 3 is 2.92 bits per heavy atom. The fourth-order valence-electron chi connectivity index (χ4n) is 1.26. The molecule has 1 aliphatic heterocycles. The third-order valence-electron chi connectivity index (χ3n) is 1.82. The van der Waals surface area contributed by atoms with Crippen LogP contribution < -0.4 is 9.47 Å². The highest BCUT2D eigenvalue weighted by atomic mass is 32.1. The molecule has 0 unspecified atom stereocenters. The summed E-state index contributed by atoms with van der Waals surface area (Å²) >= 11 is 4.21. The zero-order chi connectivity index (χ0) is 8.39. The molecule has 1 aliphatic rings. The molecule has 2 nitrogen and oxygen atoms in total. The average Bonchev–Trinajstić information content (AvgIpc) is 2.17. The highest BCUT2D eigenvalue weighted by molar-refractivity contribution is 7.79. The van der Waals surface area contributed by atoms with Gasteiger partial charge in [-0.05, 0) is 6.07 Å². The number of para-hydroxylation sites is 1. The van der Waals surface area contributed by atoms with Crippen LogP contribution in [0.2, 0.25) is 0 Å². The largest absolute Gasteiger partial charge is 0.486 e. The van der Waals surface area contributed by atoms with E-state index in [0.29, 0.717) is 19.0 Å². The Kier molecular flexibility index (Phi) is 2.13. The molecule has 1 heterocycles. The summed E-state index contributed by atoms with van der Waals surface area (Å²) in [5.41, 5.74) is 1.09. The molecule has 0 radical (unpaired) electrons. The van der Waals surface area contributed by atoms with Gasteiger partial charge in [-0.3, -0.25) is 0 Å². The van der Waals surface area contributed by atoms with Gasteiger partial charge in [-0.25, -0.2) is 0 Å². The standard InChI is InChI=1S/C9H10O2S/c12-6-7-2-1-3-8-9(7)11-5-4-10-8/h1-3,12H,4-6H2. The molecule has 0 bridgehead atoms. The Balaban J connectivity index is 2.44. The van der Waals surface area contributed by atoms with Crippen LogP contribution in [0.4, 0.5) is 0 Å². The van der Waals surface area contributed by atoms with Crippen LogP contribution in [0.5, 0.6) is 11.5 Å². The zero-order valence-corrected chi connectivity index (χ0v) is 7.51. The van der Waals surface area contributed by atoms with Crippen LogP contribution >= 0.6 is 12.6 Å². The van der Waals surface area contributed by atoms with Crippen molar-refractivity contribution >= 4 is 12.6 Å². The predicted octanol–water partition coefficient (Wildman–Crippen LogP) is 1.89. The number of hydrogen-bond acceptors (Lipinski definition) is 3. The Morgan fingerprint density at radius 2 is 2.08 bits per heavy atom. The van der Waals surface area contributed by atoms with Crippen molar-refractivity contribution in [3.8, 4) is 11.5 Å². The summed E-state index contributed by atoms with van der Waals surface area (Å²) < 4.78 is 10.9. The summed E-state index contributed by atoms with van der Waals surface area (Å²) in [4.78, 5) is 0. The Hall–Kier alpha value is -0.830. The first-order valence-electron chi connectivity index (χ1n) is 3.90. The minimum Gasteiger partial charge on any atom is -0.486 e. The molecule has 12 heavy (non-hydrogen) atoms. The van der Waals surface area contributed by atoms with E-state index in [1.165, 1.54) is 0 Å². The molecule has 0 fully saturated rings. The number of ether oxygens (including phenoxy) is 2. The molecule has 1 aromatic rings. The van der Waals surface area contributed by atoms with Gasteiger partial charge < -0.3 is 9.47 Å².